The lowest BCUT2D eigenvalue weighted by molar-refractivity contribution is 0.0588. The fourth-order valence-electron chi connectivity index (χ4n) is 3.17. The summed E-state index contributed by atoms with van der Waals surface area (Å²) in [4.78, 5) is 16.5. The monoisotopic (exact) mass is 281 g/mol. The molecule has 4 nitrogen and oxygen atoms in total. The SMILES string of the molecule is CCCCCCNC(=O)N1CC(N2CCCCCC2)C1. The Hall–Kier alpha value is -0.770. The first-order valence-corrected chi connectivity index (χ1v) is 8.58. The second kappa shape index (κ2) is 8.50. The molecule has 0 unspecified atom stereocenters. The largest absolute Gasteiger partial charge is 0.338 e. The third kappa shape index (κ3) is 4.65. The van der Waals surface area contributed by atoms with E-state index in [2.05, 4.69) is 17.1 Å². The number of hydrogen-bond donors (Lipinski definition) is 1. The highest BCUT2D eigenvalue weighted by Gasteiger charge is 2.34. The van der Waals surface area contributed by atoms with Gasteiger partial charge >= 0.3 is 6.03 Å². The molecular weight excluding hydrogens is 250 g/mol. The van der Waals surface area contributed by atoms with Crippen LogP contribution in [0.3, 0.4) is 0 Å². The van der Waals surface area contributed by atoms with Crippen molar-refractivity contribution in [1.82, 2.24) is 15.1 Å². The van der Waals surface area contributed by atoms with Gasteiger partial charge in [0.25, 0.3) is 0 Å². The molecular formula is C16H31N3O. The van der Waals surface area contributed by atoms with Gasteiger partial charge in [0.05, 0.1) is 0 Å². The van der Waals surface area contributed by atoms with Crippen LogP contribution in [0.25, 0.3) is 0 Å². The van der Waals surface area contributed by atoms with Gasteiger partial charge in [0, 0.05) is 25.7 Å². The Kier molecular flexibility index (Phi) is 6.64. The van der Waals surface area contributed by atoms with Gasteiger partial charge in [-0.2, -0.15) is 0 Å². The Bertz CT molecular complexity index is 281. The van der Waals surface area contributed by atoms with Gasteiger partial charge in [0.15, 0.2) is 0 Å². The molecule has 0 aromatic heterocycles. The summed E-state index contributed by atoms with van der Waals surface area (Å²) >= 11 is 0. The van der Waals surface area contributed by atoms with Gasteiger partial charge in [-0.05, 0) is 32.4 Å². The molecule has 0 bridgehead atoms. The van der Waals surface area contributed by atoms with Crippen molar-refractivity contribution < 1.29 is 4.79 Å². The third-order valence-electron chi connectivity index (χ3n) is 4.61. The Labute approximate surface area is 123 Å². The van der Waals surface area contributed by atoms with E-state index in [0.717, 1.165) is 26.1 Å². The van der Waals surface area contributed by atoms with E-state index in [4.69, 9.17) is 0 Å². The third-order valence-corrected chi connectivity index (χ3v) is 4.61. The van der Waals surface area contributed by atoms with Crippen LogP contribution >= 0.6 is 0 Å². The molecule has 0 aromatic carbocycles. The summed E-state index contributed by atoms with van der Waals surface area (Å²) in [6.45, 7) is 7.38. The average molecular weight is 281 g/mol. The normalized spacial score (nSPS) is 21.4. The summed E-state index contributed by atoms with van der Waals surface area (Å²) in [6, 6.07) is 0.770. The van der Waals surface area contributed by atoms with Crippen molar-refractivity contribution in [2.24, 2.45) is 0 Å². The topological polar surface area (TPSA) is 35.6 Å². The molecule has 0 spiro atoms. The van der Waals surface area contributed by atoms with E-state index in [1.54, 1.807) is 0 Å². The predicted molar refractivity (Wildman–Crippen MR) is 82.9 cm³/mol. The second-order valence-electron chi connectivity index (χ2n) is 6.30. The average Bonchev–Trinajstić information content (AvgIpc) is 2.66. The Morgan fingerprint density at radius 3 is 2.40 bits per heavy atom. The number of likely N-dealkylation sites (tertiary alicyclic amines) is 2. The molecule has 20 heavy (non-hydrogen) atoms. The van der Waals surface area contributed by atoms with Crippen LogP contribution in [-0.2, 0) is 0 Å². The number of carbonyl (C=O) groups is 1. The Morgan fingerprint density at radius 1 is 1.05 bits per heavy atom. The lowest BCUT2D eigenvalue weighted by Crippen LogP contribution is -2.63. The quantitative estimate of drug-likeness (QED) is 0.760. The van der Waals surface area contributed by atoms with Crippen molar-refractivity contribution in [2.45, 2.75) is 64.3 Å². The van der Waals surface area contributed by atoms with E-state index in [0.29, 0.717) is 6.04 Å². The molecule has 4 heteroatoms. The van der Waals surface area contributed by atoms with E-state index in [9.17, 15) is 4.79 Å². The van der Waals surface area contributed by atoms with Crippen LogP contribution in [0, 0.1) is 0 Å². The van der Waals surface area contributed by atoms with Gasteiger partial charge < -0.3 is 10.2 Å². The number of hydrogen-bond acceptors (Lipinski definition) is 2. The molecule has 0 atom stereocenters. The summed E-state index contributed by atoms with van der Waals surface area (Å²) in [7, 11) is 0. The van der Waals surface area contributed by atoms with Gasteiger partial charge in [-0.3, -0.25) is 4.90 Å². The number of amides is 2. The highest BCUT2D eigenvalue weighted by atomic mass is 16.2. The molecule has 2 aliphatic rings. The van der Waals surface area contributed by atoms with Crippen LogP contribution in [0.1, 0.15) is 58.3 Å². The van der Waals surface area contributed by atoms with Gasteiger partial charge in [0.2, 0.25) is 0 Å². The molecule has 0 aliphatic carbocycles. The first-order valence-electron chi connectivity index (χ1n) is 8.58. The standard InChI is InChI=1S/C16H31N3O/c1-2-3-4-7-10-17-16(20)19-13-15(14-19)18-11-8-5-6-9-12-18/h15H,2-14H2,1H3,(H,17,20). The van der Waals surface area contributed by atoms with Crippen LogP contribution in [-0.4, -0.2) is 54.6 Å². The fraction of sp³-hybridized carbons (Fsp3) is 0.938. The molecule has 1 N–H and O–H groups in total. The molecule has 0 saturated carbocycles. The minimum Gasteiger partial charge on any atom is -0.338 e. The summed E-state index contributed by atoms with van der Waals surface area (Å²) in [5.41, 5.74) is 0. The summed E-state index contributed by atoms with van der Waals surface area (Å²) in [6.07, 6.45) is 10.3. The Morgan fingerprint density at radius 2 is 1.75 bits per heavy atom. The van der Waals surface area contributed by atoms with E-state index >= 15 is 0 Å². The van der Waals surface area contributed by atoms with Gasteiger partial charge in [-0.15, -0.1) is 0 Å². The molecule has 2 rings (SSSR count). The first kappa shape index (κ1) is 15.6. The summed E-state index contributed by atoms with van der Waals surface area (Å²) in [5.74, 6) is 0. The minimum atomic E-state index is 0.146. The fourth-order valence-corrected chi connectivity index (χ4v) is 3.17. The zero-order valence-electron chi connectivity index (χ0n) is 13.1. The van der Waals surface area contributed by atoms with Crippen molar-refractivity contribution in [3.63, 3.8) is 0 Å². The maximum atomic E-state index is 12.0. The van der Waals surface area contributed by atoms with Gasteiger partial charge in [0.1, 0.15) is 0 Å². The number of rotatable bonds is 6. The van der Waals surface area contributed by atoms with Gasteiger partial charge in [-0.25, -0.2) is 4.79 Å². The number of unbranched alkanes of at least 4 members (excludes halogenated alkanes) is 3. The highest BCUT2D eigenvalue weighted by molar-refractivity contribution is 5.75. The molecule has 116 valence electrons. The number of nitrogens with zero attached hydrogens (tertiary/aromatic N) is 2. The van der Waals surface area contributed by atoms with Crippen molar-refractivity contribution in [3.05, 3.63) is 0 Å². The molecule has 2 aliphatic heterocycles. The van der Waals surface area contributed by atoms with E-state index < -0.39 is 0 Å². The van der Waals surface area contributed by atoms with Crippen molar-refractivity contribution in [3.8, 4) is 0 Å². The number of carbonyl (C=O) groups excluding carboxylic acids is 1. The van der Waals surface area contributed by atoms with E-state index in [1.165, 1.54) is 58.0 Å². The molecule has 2 saturated heterocycles. The molecule has 0 radical (unpaired) electrons. The second-order valence-corrected chi connectivity index (χ2v) is 6.30. The van der Waals surface area contributed by atoms with Crippen molar-refractivity contribution in [2.75, 3.05) is 32.7 Å². The van der Waals surface area contributed by atoms with Crippen molar-refractivity contribution >= 4 is 6.03 Å². The first-order chi connectivity index (χ1) is 9.81. The number of urea groups is 1. The van der Waals surface area contributed by atoms with Crippen LogP contribution in [0.4, 0.5) is 4.79 Å². The van der Waals surface area contributed by atoms with Crippen LogP contribution in [0.15, 0.2) is 0 Å². The van der Waals surface area contributed by atoms with Crippen LogP contribution < -0.4 is 5.32 Å². The highest BCUT2D eigenvalue weighted by Crippen LogP contribution is 2.19. The van der Waals surface area contributed by atoms with E-state index in [-0.39, 0.29) is 6.03 Å². The van der Waals surface area contributed by atoms with E-state index in [1.807, 2.05) is 4.90 Å². The van der Waals surface area contributed by atoms with Crippen LogP contribution in [0.2, 0.25) is 0 Å². The predicted octanol–water partition coefficient (Wildman–Crippen LogP) is 2.84. The smallest absolute Gasteiger partial charge is 0.317 e. The lowest BCUT2D eigenvalue weighted by atomic mass is 10.1. The maximum Gasteiger partial charge on any atom is 0.317 e. The summed E-state index contributed by atoms with van der Waals surface area (Å²) < 4.78 is 0. The zero-order chi connectivity index (χ0) is 14.2. The van der Waals surface area contributed by atoms with Crippen molar-refractivity contribution in [1.29, 1.82) is 0 Å². The van der Waals surface area contributed by atoms with Crippen LogP contribution in [0.5, 0.6) is 0 Å². The maximum absolute atomic E-state index is 12.0. The molecule has 2 amide bonds. The summed E-state index contributed by atoms with van der Waals surface area (Å²) in [5, 5.41) is 3.05. The van der Waals surface area contributed by atoms with Gasteiger partial charge in [-0.1, -0.05) is 39.0 Å². The molecule has 2 heterocycles. The lowest BCUT2D eigenvalue weighted by Gasteiger charge is -2.45. The molecule has 0 aromatic rings. The zero-order valence-corrected chi connectivity index (χ0v) is 13.1. The number of nitrogens with one attached hydrogen (secondary N) is 1. The Balaban J connectivity index is 1.56. The molecule has 2 fully saturated rings. The minimum absolute atomic E-state index is 0.146.